The highest BCUT2D eigenvalue weighted by atomic mass is 16.6. The first-order chi connectivity index (χ1) is 5.64. The lowest BCUT2D eigenvalue weighted by Crippen LogP contribution is -2.26. The molecule has 0 bridgehead atoms. The SMILES string of the molecule is CC1CCC2(CC1)O[C@H]2C(=O)O. The van der Waals surface area contributed by atoms with E-state index in [1.165, 1.54) is 0 Å². The van der Waals surface area contributed by atoms with E-state index in [9.17, 15) is 4.79 Å². The van der Waals surface area contributed by atoms with E-state index in [4.69, 9.17) is 9.84 Å². The average Bonchev–Trinajstić information content (AvgIpc) is 2.72. The molecule has 0 aromatic carbocycles. The van der Waals surface area contributed by atoms with Crippen molar-refractivity contribution in [1.29, 1.82) is 0 Å². The Kier molecular flexibility index (Phi) is 1.65. The van der Waals surface area contributed by atoms with Crippen molar-refractivity contribution in [2.24, 2.45) is 5.92 Å². The van der Waals surface area contributed by atoms with Gasteiger partial charge in [0.15, 0.2) is 6.10 Å². The summed E-state index contributed by atoms with van der Waals surface area (Å²) in [6.07, 6.45) is 3.61. The molecule has 1 saturated heterocycles. The van der Waals surface area contributed by atoms with Gasteiger partial charge in [-0.2, -0.15) is 0 Å². The summed E-state index contributed by atoms with van der Waals surface area (Å²) in [6, 6.07) is 0. The van der Waals surface area contributed by atoms with Crippen LogP contribution in [0, 0.1) is 5.92 Å². The maximum Gasteiger partial charge on any atom is 0.335 e. The van der Waals surface area contributed by atoms with Crippen LogP contribution in [-0.2, 0) is 9.53 Å². The van der Waals surface area contributed by atoms with Gasteiger partial charge in [0.2, 0.25) is 0 Å². The summed E-state index contributed by atoms with van der Waals surface area (Å²) >= 11 is 0. The lowest BCUT2D eigenvalue weighted by Gasteiger charge is -2.23. The summed E-state index contributed by atoms with van der Waals surface area (Å²) < 4.78 is 5.26. The van der Waals surface area contributed by atoms with E-state index in [1.54, 1.807) is 0 Å². The molecule has 0 unspecified atom stereocenters. The Bertz CT molecular complexity index is 204. The van der Waals surface area contributed by atoms with Gasteiger partial charge >= 0.3 is 5.97 Å². The Labute approximate surface area is 71.7 Å². The maximum absolute atomic E-state index is 10.6. The highest BCUT2D eigenvalue weighted by Gasteiger charge is 2.61. The second kappa shape index (κ2) is 2.46. The molecule has 2 rings (SSSR count). The van der Waals surface area contributed by atoms with Crippen molar-refractivity contribution < 1.29 is 14.6 Å². The summed E-state index contributed by atoms with van der Waals surface area (Å²) in [4.78, 5) is 10.6. The van der Waals surface area contributed by atoms with Gasteiger partial charge < -0.3 is 9.84 Å². The second-order valence-corrected chi connectivity index (χ2v) is 4.08. The van der Waals surface area contributed by atoms with Crippen LogP contribution >= 0.6 is 0 Å². The zero-order valence-electron chi connectivity index (χ0n) is 7.25. The summed E-state index contributed by atoms with van der Waals surface area (Å²) in [5.41, 5.74) is -0.252. The van der Waals surface area contributed by atoms with E-state index in [1.807, 2.05) is 0 Å². The molecule has 1 aliphatic heterocycles. The topological polar surface area (TPSA) is 49.8 Å². The number of carbonyl (C=O) groups is 1. The van der Waals surface area contributed by atoms with Crippen LogP contribution in [0.3, 0.4) is 0 Å². The van der Waals surface area contributed by atoms with Crippen molar-refractivity contribution in [3.05, 3.63) is 0 Å². The van der Waals surface area contributed by atoms with E-state index in [2.05, 4.69) is 6.92 Å². The highest BCUT2D eigenvalue weighted by Crippen LogP contribution is 2.49. The van der Waals surface area contributed by atoms with E-state index in [-0.39, 0.29) is 5.60 Å². The Morgan fingerprint density at radius 2 is 2.08 bits per heavy atom. The van der Waals surface area contributed by atoms with E-state index in [0.29, 0.717) is 0 Å². The minimum Gasteiger partial charge on any atom is -0.479 e. The van der Waals surface area contributed by atoms with Crippen molar-refractivity contribution >= 4 is 5.97 Å². The van der Waals surface area contributed by atoms with Crippen LogP contribution < -0.4 is 0 Å². The van der Waals surface area contributed by atoms with Gasteiger partial charge in [-0.1, -0.05) is 6.92 Å². The minimum atomic E-state index is -0.787. The first-order valence-corrected chi connectivity index (χ1v) is 4.55. The van der Waals surface area contributed by atoms with Gasteiger partial charge in [0.05, 0.1) is 0 Å². The Morgan fingerprint density at radius 1 is 1.50 bits per heavy atom. The number of carboxylic acids is 1. The third-order valence-corrected chi connectivity index (χ3v) is 3.12. The van der Waals surface area contributed by atoms with E-state index >= 15 is 0 Å². The van der Waals surface area contributed by atoms with Crippen LogP contribution in [0.5, 0.6) is 0 Å². The Balaban J connectivity index is 1.95. The number of ether oxygens (including phenoxy) is 1. The largest absolute Gasteiger partial charge is 0.479 e. The maximum atomic E-state index is 10.6. The fraction of sp³-hybridized carbons (Fsp3) is 0.889. The third-order valence-electron chi connectivity index (χ3n) is 3.12. The fourth-order valence-corrected chi connectivity index (χ4v) is 2.11. The molecule has 2 aliphatic rings. The molecule has 0 aromatic heterocycles. The molecule has 1 aliphatic carbocycles. The van der Waals surface area contributed by atoms with Gasteiger partial charge in [-0.25, -0.2) is 4.79 Å². The molecule has 1 spiro atoms. The van der Waals surface area contributed by atoms with Gasteiger partial charge in [-0.3, -0.25) is 0 Å². The predicted molar refractivity (Wildman–Crippen MR) is 42.9 cm³/mol. The number of aliphatic carboxylic acids is 1. The van der Waals surface area contributed by atoms with Crippen molar-refractivity contribution in [3.8, 4) is 0 Å². The number of rotatable bonds is 1. The molecule has 1 N–H and O–H groups in total. The number of hydrogen-bond donors (Lipinski definition) is 1. The van der Waals surface area contributed by atoms with Gasteiger partial charge in [-0.05, 0) is 31.6 Å². The molecule has 12 heavy (non-hydrogen) atoms. The van der Waals surface area contributed by atoms with Crippen molar-refractivity contribution in [2.75, 3.05) is 0 Å². The van der Waals surface area contributed by atoms with Crippen LogP contribution in [0.15, 0.2) is 0 Å². The normalized spacial score (nSPS) is 46.1. The zero-order chi connectivity index (χ0) is 8.77. The molecule has 0 aromatic rings. The minimum absolute atomic E-state index is 0.252. The number of carboxylic acid groups (broad SMARTS) is 1. The summed E-state index contributed by atoms with van der Waals surface area (Å²) in [7, 11) is 0. The van der Waals surface area contributed by atoms with E-state index in [0.717, 1.165) is 31.6 Å². The quantitative estimate of drug-likeness (QED) is 0.605. The molecule has 1 atom stereocenters. The monoisotopic (exact) mass is 170 g/mol. The molecule has 2 fully saturated rings. The predicted octanol–water partition coefficient (Wildman–Crippen LogP) is 1.42. The van der Waals surface area contributed by atoms with Crippen LogP contribution in [0.1, 0.15) is 32.6 Å². The Hall–Kier alpha value is -0.570. The van der Waals surface area contributed by atoms with Crippen LogP contribution in [0.4, 0.5) is 0 Å². The molecule has 1 heterocycles. The van der Waals surface area contributed by atoms with Gasteiger partial charge in [-0.15, -0.1) is 0 Å². The standard InChI is InChI=1S/C9H14O3/c1-6-2-4-9(5-3-6)7(12-9)8(10)11/h6-7H,2-5H2,1H3,(H,10,11)/t6?,7-,9?/m0/s1. The molecule has 0 amide bonds. The Morgan fingerprint density at radius 3 is 2.50 bits per heavy atom. The summed E-state index contributed by atoms with van der Waals surface area (Å²) in [6.45, 7) is 2.21. The van der Waals surface area contributed by atoms with Crippen molar-refractivity contribution in [2.45, 2.75) is 44.3 Å². The number of hydrogen-bond acceptors (Lipinski definition) is 2. The number of epoxide rings is 1. The fourth-order valence-electron chi connectivity index (χ4n) is 2.11. The van der Waals surface area contributed by atoms with Gasteiger partial charge in [0.1, 0.15) is 5.60 Å². The van der Waals surface area contributed by atoms with Crippen LogP contribution in [0.2, 0.25) is 0 Å². The van der Waals surface area contributed by atoms with Crippen molar-refractivity contribution in [1.82, 2.24) is 0 Å². The molecule has 68 valence electrons. The first kappa shape index (κ1) is 8.05. The zero-order valence-corrected chi connectivity index (χ0v) is 7.25. The molecule has 0 radical (unpaired) electrons. The van der Waals surface area contributed by atoms with Gasteiger partial charge in [0, 0.05) is 0 Å². The van der Waals surface area contributed by atoms with Crippen molar-refractivity contribution in [3.63, 3.8) is 0 Å². The first-order valence-electron chi connectivity index (χ1n) is 4.55. The third kappa shape index (κ3) is 1.12. The average molecular weight is 170 g/mol. The molecule has 1 saturated carbocycles. The van der Waals surface area contributed by atoms with Gasteiger partial charge in [0.25, 0.3) is 0 Å². The van der Waals surface area contributed by atoms with E-state index < -0.39 is 12.1 Å². The molecule has 3 nitrogen and oxygen atoms in total. The smallest absolute Gasteiger partial charge is 0.335 e. The van der Waals surface area contributed by atoms with Crippen LogP contribution in [-0.4, -0.2) is 22.8 Å². The molecular weight excluding hydrogens is 156 g/mol. The highest BCUT2D eigenvalue weighted by molar-refractivity contribution is 5.77. The lowest BCUT2D eigenvalue weighted by molar-refractivity contribution is -0.138. The molecule has 3 heteroatoms. The summed E-state index contributed by atoms with van der Waals surface area (Å²) in [5.74, 6) is -0.0428. The second-order valence-electron chi connectivity index (χ2n) is 4.08. The molecular formula is C9H14O3. The lowest BCUT2D eigenvalue weighted by atomic mass is 9.81. The summed E-state index contributed by atoms with van der Waals surface area (Å²) in [5, 5.41) is 8.71. The van der Waals surface area contributed by atoms with Crippen LogP contribution in [0.25, 0.3) is 0 Å².